The van der Waals surface area contributed by atoms with Gasteiger partial charge in [0.05, 0.1) is 6.61 Å². The van der Waals surface area contributed by atoms with Crippen molar-refractivity contribution in [2.24, 2.45) is 0 Å². The predicted molar refractivity (Wildman–Crippen MR) is 43.0 cm³/mol. The van der Waals surface area contributed by atoms with E-state index < -0.39 is 24.5 Å². The highest BCUT2D eigenvalue weighted by molar-refractivity contribution is 4.88. The lowest BCUT2D eigenvalue weighted by atomic mass is 10.1. The number of nitrogens with zero attached hydrogens (tertiary/aromatic N) is 3. The molecule has 0 amide bonds. The maximum atomic E-state index is 9.56. The second kappa shape index (κ2) is 3.62. The molecule has 14 heavy (non-hydrogen) atoms. The second-order valence-electron chi connectivity index (χ2n) is 3.10. The largest absolute Gasteiger partial charge is 0.394 e. The molecule has 1 fully saturated rings. The molecule has 0 aliphatic carbocycles. The lowest BCUT2D eigenvalue weighted by Gasteiger charge is -2.13. The Morgan fingerprint density at radius 3 is 2.64 bits per heavy atom. The van der Waals surface area contributed by atoms with Crippen LogP contribution in [0.3, 0.4) is 0 Å². The van der Waals surface area contributed by atoms with E-state index in [1.165, 1.54) is 17.3 Å². The first-order valence-corrected chi connectivity index (χ1v) is 4.20. The van der Waals surface area contributed by atoms with Crippen molar-refractivity contribution in [3.8, 4) is 0 Å². The van der Waals surface area contributed by atoms with Crippen molar-refractivity contribution in [2.75, 3.05) is 6.61 Å². The van der Waals surface area contributed by atoms with Crippen molar-refractivity contribution in [1.29, 1.82) is 0 Å². The summed E-state index contributed by atoms with van der Waals surface area (Å²) in [7, 11) is 0. The summed E-state index contributed by atoms with van der Waals surface area (Å²) in [6.45, 7) is -0.344. The van der Waals surface area contributed by atoms with Gasteiger partial charge in [-0.2, -0.15) is 5.10 Å². The summed E-state index contributed by atoms with van der Waals surface area (Å²) < 4.78 is 6.49. The number of rotatable bonds is 2. The van der Waals surface area contributed by atoms with Crippen molar-refractivity contribution in [2.45, 2.75) is 24.5 Å². The normalized spacial score (nSPS) is 37.6. The van der Waals surface area contributed by atoms with E-state index in [1.54, 1.807) is 0 Å². The Bertz CT molecular complexity index is 291. The van der Waals surface area contributed by atoms with Crippen molar-refractivity contribution in [1.82, 2.24) is 14.8 Å². The number of hydrogen-bond donors (Lipinski definition) is 3. The van der Waals surface area contributed by atoms with Crippen LogP contribution in [0.2, 0.25) is 0 Å². The monoisotopic (exact) mass is 201 g/mol. The highest BCUT2D eigenvalue weighted by atomic mass is 16.6. The standard InChI is InChI=1S/C7H11N3O4/c11-1-4-5(12)6(13)7(14-4)10-3-8-2-9-10/h2-7,11-13H,1H2/t4-,5+,6-,7-/m1/s1. The Morgan fingerprint density at radius 1 is 1.36 bits per heavy atom. The third-order valence-electron chi connectivity index (χ3n) is 2.21. The fourth-order valence-corrected chi connectivity index (χ4v) is 1.45. The first kappa shape index (κ1) is 9.53. The molecular weight excluding hydrogens is 190 g/mol. The molecule has 0 unspecified atom stereocenters. The van der Waals surface area contributed by atoms with Crippen molar-refractivity contribution in [3.05, 3.63) is 12.7 Å². The number of ether oxygens (including phenoxy) is 1. The average Bonchev–Trinajstić information content (AvgIpc) is 2.78. The van der Waals surface area contributed by atoms with Gasteiger partial charge in [0, 0.05) is 0 Å². The van der Waals surface area contributed by atoms with E-state index in [-0.39, 0.29) is 6.61 Å². The van der Waals surface area contributed by atoms with Crippen LogP contribution in [-0.4, -0.2) is 55.0 Å². The zero-order valence-electron chi connectivity index (χ0n) is 7.26. The number of aromatic nitrogens is 3. The Balaban J connectivity index is 2.16. The van der Waals surface area contributed by atoms with Gasteiger partial charge in [-0.15, -0.1) is 0 Å². The summed E-state index contributed by atoms with van der Waals surface area (Å²) in [5.41, 5.74) is 0. The molecule has 0 aromatic carbocycles. The zero-order valence-corrected chi connectivity index (χ0v) is 7.26. The maximum absolute atomic E-state index is 9.56. The van der Waals surface area contributed by atoms with Gasteiger partial charge in [0.2, 0.25) is 0 Å². The van der Waals surface area contributed by atoms with E-state index in [9.17, 15) is 10.2 Å². The van der Waals surface area contributed by atoms with E-state index in [4.69, 9.17) is 9.84 Å². The number of aliphatic hydroxyl groups excluding tert-OH is 3. The molecule has 1 aliphatic heterocycles. The van der Waals surface area contributed by atoms with Crippen molar-refractivity contribution in [3.63, 3.8) is 0 Å². The van der Waals surface area contributed by atoms with Crippen LogP contribution in [0.4, 0.5) is 0 Å². The van der Waals surface area contributed by atoms with E-state index >= 15 is 0 Å². The van der Waals surface area contributed by atoms with Gasteiger partial charge in [0.25, 0.3) is 0 Å². The van der Waals surface area contributed by atoms with Crippen LogP contribution < -0.4 is 0 Å². The molecule has 0 saturated carbocycles. The molecule has 0 radical (unpaired) electrons. The lowest BCUT2D eigenvalue weighted by molar-refractivity contribution is -0.0587. The molecule has 3 N–H and O–H groups in total. The number of hydrogen-bond acceptors (Lipinski definition) is 6. The van der Waals surface area contributed by atoms with Gasteiger partial charge in [-0.05, 0) is 0 Å². The maximum Gasteiger partial charge on any atom is 0.180 e. The number of aliphatic hydroxyl groups is 3. The minimum absolute atomic E-state index is 0.344. The molecule has 0 bridgehead atoms. The van der Waals surface area contributed by atoms with Gasteiger partial charge in [-0.1, -0.05) is 0 Å². The van der Waals surface area contributed by atoms with Crippen molar-refractivity contribution >= 4 is 0 Å². The van der Waals surface area contributed by atoms with Crippen LogP contribution in [0.5, 0.6) is 0 Å². The quantitative estimate of drug-likeness (QED) is 0.506. The van der Waals surface area contributed by atoms with Gasteiger partial charge in [-0.25, -0.2) is 9.67 Å². The summed E-state index contributed by atoms with van der Waals surface area (Å²) in [5, 5.41) is 31.6. The molecule has 7 heteroatoms. The topological polar surface area (TPSA) is 101 Å². The van der Waals surface area contributed by atoms with E-state index in [2.05, 4.69) is 10.1 Å². The SMILES string of the molecule is OC[C@H]1O[C@@H](n2cncn2)[C@H](O)[C@H]1O. The first-order chi connectivity index (χ1) is 6.74. The molecule has 7 nitrogen and oxygen atoms in total. The fourth-order valence-electron chi connectivity index (χ4n) is 1.45. The van der Waals surface area contributed by atoms with Gasteiger partial charge in [0.1, 0.15) is 31.0 Å². The van der Waals surface area contributed by atoms with E-state index in [0.717, 1.165) is 0 Å². The molecule has 1 aromatic rings. The summed E-state index contributed by atoms with van der Waals surface area (Å²) in [4.78, 5) is 3.69. The Morgan fingerprint density at radius 2 is 2.14 bits per heavy atom. The third-order valence-corrected chi connectivity index (χ3v) is 2.21. The Labute approximate surface area is 79.6 Å². The second-order valence-corrected chi connectivity index (χ2v) is 3.10. The molecular formula is C7H11N3O4. The van der Waals surface area contributed by atoms with Crippen LogP contribution in [-0.2, 0) is 4.74 Å². The molecule has 2 heterocycles. The highest BCUT2D eigenvalue weighted by Gasteiger charge is 2.43. The van der Waals surface area contributed by atoms with Crippen molar-refractivity contribution < 1.29 is 20.1 Å². The smallest absolute Gasteiger partial charge is 0.180 e. The van der Waals surface area contributed by atoms with Gasteiger partial charge in [-0.3, -0.25) is 0 Å². The fraction of sp³-hybridized carbons (Fsp3) is 0.714. The van der Waals surface area contributed by atoms with E-state index in [1.807, 2.05) is 0 Å². The minimum atomic E-state index is -1.10. The molecule has 1 aromatic heterocycles. The molecule has 0 spiro atoms. The summed E-state index contributed by atoms with van der Waals surface area (Å²) in [5.74, 6) is 0. The zero-order chi connectivity index (χ0) is 10.1. The van der Waals surface area contributed by atoms with E-state index in [0.29, 0.717) is 0 Å². The van der Waals surface area contributed by atoms with Gasteiger partial charge >= 0.3 is 0 Å². The Kier molecular flexibility index (Phi) is 2.46. The van der Waals surface area contributed by atoms with Crippen LogP contribution in [0, 0.1) is 0 Å². The molecule has 2 rings (SSSR count). The third kappa shape index (κ3) is 1.40. The molecule has 4 atom stereocenters. The summed E-state index contributed by atoms with van der Waals surface area (Å²) >= 11 is 0. The summed E-state index contributed by atoms with van der Waals surface area (Å²) in [6, 6.07) is 0. The summed E-state index contributed by atoms with van der Waals surface area (Å²) in [6.07, 6.45) is -1.10. The molecule has 1 saturated heterocycles. The molecule has 78 valence electrons. The predicted octanol–water partition coefficient (Wildman–Crippen LogP) is -2.11. The van der Waals surface area contributed by atoms with Gasteiger partial charge in [0.15, 0.2) is 6.23 Å². The lowest BCUT2D eigenvalue weighted by Crippen LogP contribution is -2.33. The highest BCUT2D eigenvalue weighted by Crippen LogP contribution is 2.27. The first-order valence-electron chi connectivity index (χ1n) is 4.20. The Hall–Kier alpha value is -1.02. The van der Waals surface area contributed by atoms with Crippen LogP contribution >= 0.6 is 0 Å². The minimum Gasteiger partial charge on any atom is -0.394 e. The van der Waals surface area contributed by atoms with Crippen LogP contribution in [0.25, 0.3) is 0 Å². The van der Waals surface area contributed by atoms with Gasteiger partial charge < -0.3 is 20.1 Å². The molecule has 1 aliphatic rings. The van der Waals surface area contributed by atoms with Crippen LogP contribution in [0.15, 0.2) is 12.7 Å². The average molecular weight is 201 g/mol. The van der Waals surface area contributed by atoms with Crippen LogP contribution in [0.1, 0.15) is 6.23 Å².